The lowest BCUT2D eigenvalue weighted by atomic mass is 10.1. The van der Waals surface area contributed by atoms with E-state index in [0.29, 0.717) is 21.2 Å². The molecule has 0 heterocycles. The van der Waals surface area contributed by atoms with Crippen LogP contribution in [0.1, 0.15) is 17.2 Å². The van der Waals surface area contributed by atoms with Crippen LogP contribution in [0.5, 0.6) is 0 Å². The average Bonchev–Trinajstić information content (AvgIpc) is 2.46. The van der Waals surface area contributed by atoms with Gasteiger partial charge in [-0.25, -0.2) is 4.39 Å². The third kappa shape index (κ3) is 4.98. The number of aliphatic hydroxyl groups is 1. The lowest BCUT2D eigenvalue weighted by molar-refractivity contribution is -0.120. The molecular weight excluding hydrogens is 328 g/mol. The van der Waals surface area contributed by atoms with E-state index in [1.54, 1.807) is 30.3 Å². The van der Waals surface area contributed by atoms with Gasteiger partial charge in [-0.15, -0.1) is 0 Å². The summed E-state index contributed by atoms with van der Waals surface area (Å²) in [4.78, 5) is 11.8. The molecule has 3 nitrogen and oxygen atoms in total. The van der Waals surface area contributed by atoms with Crippen LogP contribution in [0.3, 0.4) is 0 Å². The topological polar surface area (TPSA) is 49.3 Å². The molecule has 22 heavy (non-hydrogen) atoms. The number of rotatable bonds is 5. The van der Waals surface area contributed by atoms with Crippen LogP contribution in [0.2, 0.25) is 10.0 Å². The summed E-state index contributed by atoms with van der Waals surface area (Å²) in [5.41, 5.74) is 1.22. The second kappa shape index (κ2) is 7.58. The van der Waals surface area contributed by atoms with Gasteiger partial charge in [0, 0.05) is 16.6 Å². The first-order valence-corrected chi connectivity index (χ1v) is 7.35. The summed E-state index contributed by atoms with van der Waals surface area (Å²) in [5.74, 6) is -0.615. The minimum Gasteiger partial charge on any atom is -0.387 e. The van der Waals surface area contributed by atoms with Gasteiger partial charge in [0.25, 0.3) is 0 Å². The lowest BCUT2D eigenvalue weighted by Gasteiger charge is -2.13. The summed E-state index contributed by atoms with van der Waals surface area (Å²) in [6, 6.07) is 10.4. The number of hydrogen-bond acceptors (Lipinski definition) is 2. The van der Waals surface area contributed by atoms with E-state index in [-0.39, 0.29) is 24.7 Å². The number of carbonyl (C=O) groups is 1. The predicted molar refractivity (Wildman–Crippen MR) is 84.5 cm³/mol. The normalized spacial score (nSPS) is 12.0. The molecule has 2 N–H and O–H groups in total. The molecular formula is C16H14Cl2FNO2. The predicted octanol–water partition coefficient (Wildman–Crippen LogP) is 3.52. The molecule has 0 saturated carbocycles. The van der Waals surface area contributed by atoms with E-state index in [1.807, 2.05) is 0 Å². The van der Waals surface area contributed by atoms with Crippen LogP contribution in [-0.4, -0.2) is 17.6 Å². The van der Waals surface area contributed by atoms with E-state index in [2.05, 4.69) is 5.32 Å². The van der Waals surface area contributed by atoms with E-state index in [1.165, 1.54) is 12.1 Å². The van der Waals surface area contributed by atoms with Gasteiger partial charge in [-0.1, -0.05) is 35.3 Å². The Labute approximate surface area is 137 Å². The highest BCUT2D eigenvalue weighted by Crippen LogP contribution is 2.23. The van der Waals surface area contributed by atoms with Crippen molar-refractivity contribution in [3.8, 4) is 0 Å². The van der Waals surface area contributed by atoms with Crippen LogP contribution in [0.4, 0.5) is 4.39 Å². The third-order valence-electron chi connectivity index (χ3n) is 3.04. The van der Waals surface area contributed by atoms with Crippen molar-refractivity contribution < 1.29 is 14.3 Å². The monoisotopic (exact) mass is 341 g/mol. The highest BCUT2D eigenvalue weighted by Gasteiger charge is 2.11. The number of carbonyl (C=O) groups excluding carboxylic acids is 1. The highest BCUT2D eigenvalue weighted by atomic mass is 35.5. The average molecular weight is 342 g/mol. The lowest BCUT2D eigenvalue weighted by Crippen LogP contribution is -2.29. The summed E-state index contributed by atoms with van der Waals surface area (Å²) in [6.07, 6.45) is -0.795. The van der Waals surface area contributed by atoms with Crippen molar-refractivity contribution in [1.29, 1.82) is 0 Å². The second-order valence-electron chi connectivity index (χ2n) is 4.83. The molecule has 0 saturated heterocycles. The minimum absolute atomic E-state index is 0.0384. The van der Waals surface area contributed by atoms with Crippen LogP contribution >= 0.6 is 23.2 Å². The zero-order chi connectivity index (χ0) is 16.1. The smallest absolute Gasteiger partial charge is 0.224 e. The van der Waals surface area contributed by atoms with Gasteiger partial charge in [-0.3, -0.25) is 4.79 Å². The van der Waals surface area contributed by atoms with Gasteiger partial charge in [0.1, 0.15) is 5.82 Å². The summed E-state index contributed by atoms with van der Waals surface area (Å²) >= 11 is 11.7. The maximum atomic E-state index is 12.8. The van der Waals surface area contributed by atoms with Gasteiger partial charge in [0.05, 0.1) is 12.5 Å². The fraction of sp³-hybridized carbons (Fsp3) is 0.188. The molecule has 0 bridgehead atoms. The second-order valence-corrected chi connectivity index (χ2v) is 5.70. The number of nitrogens with one attached hydrogen (secondary N) is 1. The zero-order valence-corrected chi connectivity index (χ0v) is 13.0. The van der Waals surface area contributed by atoms with Crippen LogP contribution in [0.25, 0.3) is 0 Å². The summed E-state index contributed by atoms with van der Waals surface area (Å²) in [6.45, 7) is 0.0384. The summed E-state index contributed by atoms with van der Waals surface area (Å²) < 4.78 is 12.8. The van der Waals surface area contributed by atoms with Crippen molar-refractivity contribution in [2.75, 3.05) is 6.54 Å². The zero-order valence-electron chi connectivity index (χ0n) is 11.5. The standard InChI is InChI=1S/C16H14Cl2FNO2/c17-12-6-11(7-13(18)8-12)15(21)9-20-16(22)5-10-1-3-14(19)4-2-10/h1-4,6-8,15,21H,5,9H2,(H,20,22). The van der Waals surface area contributed by atoms with E-state index >= 15 is 0 Å². The molecule has 0 aliphatic carbocycles. The molecule has 2 aromatic carbocycles. The van der Waals surface area contributed by atoms with Crippen LogP contribution in [-0.2, 0) is 11.2 Å². The van der Waals surface area contributed by atoms with E-state index in [9.17, 15) is 14.3 Å². The quantitative estimate of drug-likeness (QED) is 0.873. The number of benzene rings is 2. The van der Waals surface area contributed by atoms with Crippen molar-refractivity contribution in [1.82, 2.24) is 5.32 Å². The minimum atomic E-state index is -0.909. The molecule has 0 fully saturated rings. The first kappa shape index (κ1) is 16.7. The fourth-order valence-corrected chi connectivity index (χ4v) is 2.49. The van der Waals surface area contributed by atoms with Crippen LogP contribution in [0, 0.1) is 5.82 Å². The summed E-state index contributed by atoms with van der Waals surface area (Å²) in [5, 5.41) is 13.5. The Morgan fingerprint density at radius 2 is 1.73 bits per heavy atom. The van der Waals surface area contributed by atoms with Gasteiger partial charge < -0.3 is 10.4 Å². The van der Waals surface area contributed by atoms with Gasteiger partial charge in [-0.05, 0) is 41.5 Å². The van der Waals surface area contributed by atoms with Crippen molar-refractivity contribution in [2.45, 2.75) is 12.5 Å². The number of hydrogen-bond donors (Lipinski definition) is 2. The van der Waals surface area contributed by atoms with E-state index in [0.717, 1.165) is 0 Å². The number of aliphatic hydroxyl groups excluding tert-OH is 1. The molecule has 1 amide bonds. The van der Waals surface area contributed by atoms with Gasteiger partial charge >= 0.3 is 0 Å². The number of halogens is 3. The van der Waals surface area contributed by atoms with Crippen LogP contribution < -0.4 is 5.32 Å². The molecule has 1 unspecified atom stereocenters. The molecule has 0 aliphatic heterocycles. The molecule has 2 aromatic rings. The Bertz CT molecular complexity index is 641. The van der Waals surface area contributed by atoms with E-state index in [4.69, 9.17) is 23.2 Å². The molecule has 0 radical (unpaired) electrons. The highest BCUT2D eigenvalue weighted by molar-refractivity contribution is 6.34. The molecule has 6 heteroatoms. The van der Waals surface area contributed by atoms with Crippen LogP contribution in [0.15, 0.2) is 42.5 Å². The Morgan fingerprint density at radius 3 is 2.32 bits per heavy atom. The van der Waals surface area contributed by atoms with Crippen molar-refractivity contribution >= 4 is 29.1 Å². The van der Waals surface area contributed by atoms with Gasteiger partial charge in [-0.2, -0.15) is 0 Å². The SMILES string of the molecule is O=C(Cc1ccc(F)cc1)NCC(O)c1cc(Cl)cc(Cl)c1. The molecule has 1 atom stereocenters. The first-order chi connectivity index (χ1) is 10.4. The summed E-state index contributed by atoms with van der Waals surface area (Å²) in [7, 11) is 0. The molecule has 116 valence electrons. The Kier molecular flexibility index (Phi) is 5.77. The van der Waals surface area contributed by atoms with Crippen molar-refractivity contribution in [2.24, 2.45) is 0 Å². The number of amides is 1. The fourth-order valence-electron chi connectivity index (χ4n) is 1.95. The molecule has 0 aliphatic rings. The Balaban J connectivity index is 1.88. The Hall–Kier alpha value is -1.62. The molecule has 2 rings (SSSR count). The maximum Gasteiger partial charge on any atom is 0.224 e. The van der Waals surface area contributed by atoms with Gasteiger partial charge in [0.15, 0.2) is 0 Å². The molecule has 0 spiro atoms. The first-order valence-electron chi connectivity index (χ1n) is 6.59. The third-order valence-corrected chi connectivity index (χ3v) is 3.48. The van der Waals surface area contributed by atoms with Gasteiger partial charge in [0.2, 0.25) is 5.91 Å². The Morgan fingerprint density at radius 1 is 1.14 bits per heavy atom. The van der Waals surface area contributed by atoms with Crippen molar-refractivity contribution in [3.63, 3.8) is 0 Å². The maximum absolute atomic E-state index is 12.8. The largest absolute Gasteiger partial charge is 0.387 e. The molecule has 0 aromatic heterocycles. The van der Waals surface area contributed by atoms with Crippen molar-refractivity contribution in [3.05, 3.63) is 69.5 Å². The van der Waals surface area contributed by atoms with E-state index < -0.39 is 6.10 Å².